The molecule has 1 heteroatoms. The first-order valence-corrected chi connectivity index (χ1v) is 5.33. The van der Waals surface area contributed by atoms with Crippen LogP contribution in [0.5, 0.6) is 0 Å². The van der Waals surface area contributed by atoms with Gasteiger partial charge in [-0.1, -0.05) is 36.4 Å². The molecule has 1 aromatic rings. The summed E-state index contributed by atoms with van der Waals surface area (Å²) >= 11 is 0. The first-order chi connectivity index (χ1) is 7.30. The Labute approximate surface area is 86.3 Å². The third-order valence-electron chi connectivity index (χ3n) is 3.51. The van der Waals surface area contributed by atoms with E-state index in [0.717, 1.165) is 25.9 Å². The van der Waals surface area contributed by atoms with Crippen molar-refractivity contribution in [1.82, 2.24) is 5.31 Å². The molecule has 72 valence electrons. The molecule has 2 aliphatic rings. The molecule has 1 aliphatic carbocycles. The molecular weight excluding hydrogens is 170 g/mol. The largest absolute Gasteiger partial charge is 0.317 e. The average molecular weight is 186 g/mol. The summed E-state index contributed by atoms with van der Waals surface area (Å²) in [5, 5.41) is 1.68. The van der Waals surface area contributed by atoms with Crippen molar-refractivity contribution in [3.8, 4) is 0 Å². The Kier molecular flexibility index (Phi) is 1.53. The van der Waals surface area contributed by atoms with Crippen LogP contribution in [-0.2, 0) is 5.41 Å². The van der Waals surface area contributed by atoms with Crippen LogP contribution in [0.2, 0.25) is 1.41 Å². The third kappa shape index (κ3) is 1.05. The summed E-state index contributed by atoms with van der Waals surface area (Å²) in [6.45, 7) is 1.78. The zero-order chi connectivity index (χ0) is 10.3. The van der Waals surface area contributed by atoms with E-state index in [9.17, 15) is 0 Å². The van der Waals surface area contributed by atoms with Gasteiger partial charge in [-0.15, -0.1) is 0 Å². The molecule has 0 saturated carbocycles. The monoisotopic (exact) mass is 186 g/mol. The number of hydrogen-bond acceptors (Lipinski definition) is 1. The minimum absolute atomic E-state index is 0.244. The summed E-state index contributed by atoms with van der Waals surface area (Å²) in [6, 6.07) is 8.66. The fourth-order valence-electron chi connectivity index (χ4n) is 2.66. The molecule has 1 aliphatic heterocycles. The van der Waals surface area contributed by atoms with Crippen LogP contribution < -0.4 is 5.31 Å². The average Bonchev–Trinajstić information content (AvgIpc) is 2.63. The molecule has 1 heterocycles. The number of benzene rings is 1. The topological polar surface area (TPSA) is 12.0 Å². The smallest absolute Gasteiger partial charge is 0.122 e. The van der Waals surface area contributed by atoms with Crippen molar-refractivity contribution in [3.05, 3.63) is 41.5 Å². The number of rotatable bonds is 0. The van der Waals surface area contributed by atoms with E-state index in [1.165, 1.54) is 11.1 Å². The van der Waals surface area contributed by atoms with E-state index in [2.05, 4.69) is 36.4 Å². The zero-order valence-electron chi connectivity index (χ0n) is 9.24. The molecule has 1 fully saturated rings. The van der Waals surface area contributed by atoms with Gasteiger partial charge in [-0.05, 0) is 37.1 Å². The van der Waals surface area contributed by atoms with Crippen LogP contribution in [-0.4, -0.2) is 13.1 Å². The number of nitrogens with one attached hydrogen (secondary N) is 1. The minimum atomic E-state index is 0.244. The van der Waals surface area contributed by atoms with Crippen LogP contribution in [0.15, 0.2) is 30.3 Å². The number of fused-ring (bicyclic) bond motifs is 2. The Bertz CT molecular complexity index is 403. The maximum Gasteiger partial charge on any atom is 0.122 e. The second-order valence-corrected chi connectivity index (χ2v) is 4.25. The van der Waals surface area contributed by atoms with Crippen LogP contribution in [0.25, 0.3) is 6.08 Å². The van der Waals surface area contributed by atoms with Crippen LogP contribution in [0.4, 0.5) is 0 Å². The fourth-order valence-corrected chi connectivity index (χ4v) is 2.66. The van der Waals surface area contributed by atoms with Gasteiger partial charge in [0.2, 0.25) is 0 Å². The van der Waals surface area contributed by atoms with Crippen molar-refractivity contribution in [3.63, 3.8) is 0 Å². The van der Waals surface area contributed by atoms with Gasteiger partial charge in [-0.25, -0.2) is 0 Å². The highest BCUT2D eigenvalue weighted by molar-refractivity contribution is 5.65. The van der Waals surface area contributed by atoms with Gasteiger partial charge >= 0.3 is 0 Å². The van der Waals surface area contributed by atoms with E-state index in [-0.39, 0.29) is 5.41 Å². The van der Waals surface area contributed by atoms with E-state index >= 15 is 0 Å². The van der Waals surface area contributed by atoms with Crippen molar-refractivity contribution in [2.45, 2.75) is 18.3 Å². The van der Waals surface area contributed by atoms with Crippen LogP contribution in [0.1, 0.15) is 24.0 Å². The molecule has 0 bridgehead atoms. The maximum atomic E-state index is 7.61. The van der Waals surface area contributed by atoms with E-state index < -0.39 is 0 Å². The van der Waals surface area contributed by atoms with Crippen molar-refractivity contribution < 1.29 is 1.41 Å². The summed E-state index contributed by atoms with van der Waals surface area (Å²) < 4.78 is 7.61. The van der Waals surface area contributed by atoms with Gasteiger partial charge in [0, 0.05) is 5.41 Å². The molecule has 0 unspecified atom stereocenters. The molecule has 1 aromatic carbocycles. The SMILES string of the molecule is [2H]N1CCC2(C=Cc3ccccc32)CC1. The van der Waals surface area contributed by atoms with Gasteiger partial charge in [0.25, 0.3) is 0 Å². The van der Waals surface area contributed by atoms with E-state index in [1.807, 2.05) is 0 Å². The molecule has 0 aromatic heterocycles. The van der Waals surface area contributed by atoms with Crippen LogP contribution >= 0.6 is 0 Å². The molecule has 1 nitrogen and oxygen atoms in total. The maximum absolute atomic E-state index is 7.61. The van der Waals surface area contributed by atoms with Gasteiger partial charge in [-0.3, -0.25) is 0 Å². The summed E-state index contributed by atoms with van der Waals surface area (Å²) in [5.41, 5.74) is 3.09. The Morgan fingerprint density at radius 2 is 2.00 bits per heavy atom. The molecule has 1 saturated heterocycles. The number of piperidine rings is 1. The van der Waals surface area contributed by atoms with Crippen molar-refractivity contribution in [2.24, 2.45) is 0 Å². The second-order valence-electron chi connectivity index (χ2n) is 4.25. The van der Waals surface area contributed by atoms with Crippen LogP contribution in [0.3, 0.4) is 0 Å². The standard InChI is InChI=1S/C13H15N/c1-2-4-12-11(3-1)5-6-13(12)7-9-14-10-8-13/h1-6,14H,7-10H2/i/hD. The normalized spacial score (nSPS) is 25.0. The van der Waals surface area contributed by atoms with Gasteiger partial charge in [-0.2, -0.15) is 0 Å². The summed E-state index contributed by atoms with van der Waals surface area (Å²) in [6.07, 6.45) is 6.77. The Hall–Kier alpha value is -1.08. The van der Waals surface area contributed by atoms with Crippen LogP contribution in [0, 0.1) is 0 Å². The van der Waals surface area contributed by atoms with Gasteiger partial charge in [0.15, 0.2) is 0 Å². The molecule has 1 spiro atoms. The first-order valence-electron chi connectivity index (χ1n) is 5.77. The highest BCUT2D eigenvalue weighted by Crippen LogP contribution is 2.41. The van der Waals surface area contributed by atoms with E-state index in [4.69, 9.17) is 1.41 Å². The van der Waals surface area contributed by atoms with E-state index in [0.29, 0.717) is 0 Å². The van der Waals surface area contributed by atoms with Gasteiger partial charge in [0.05, 0.1) is 0 Å². The molecule has 0 amide bonds. The number of hydrogen-bond donors (Lipinski definition) is 1. The second kappa shape index (κ2) is 2.96. The lowest BCUT2D eigenvalue weighted by Crippen LogP contribution is -2.37. The number of allylic oxidation sites excluding steroid dienone is 1. The Morgan fingerprint density at radius 1 is 1.21 bits per heavy atom. The Balaban J connectivity index is 1.99. The van der Waals surface area contributed by atoms with Crippen molar-refractivity contribution in [1.29, 1.82) is 0 Å². The highest BCUT2D eigenvalue weighted by Gasteiger charge is 2.35. The summed E-state index contributed by atoms with van der Waals surface area (Å²) in [7, 11) is 0. The predicted octanol–water partition coefficient (Wildman–Crippen LogP) is 2.33. The molecule has 14 heavy (non-hydrogen) atoms. The van der Waals surface area contributed by atoms with Gasteiger partial charge < -0.3 is 5.31 Å². The predicted molar refractivity (Wildman–Crippen MR) is 59.3 cm³/mol. The summed E-state index contributed by atoms with van der Waals surface area (Å²) in [5.74, 6) is 0. The van der Waals surface area contributed by atoms with Gasteiger partial charge in [0.1, 0.15) is 1.41 Å². The Morgan fingerprint density at radius 3 is 2.86 bits per heavy atom. The molecule has 0 radical (unpaired) electrons. The zero-order valence-corrected chi connectivity index (χ0v) is 8.24. The van der Waals surface area contributed by atoms with Crippen molar-refractivity contribution in [2.75, 3.05) is 13.1 Å². The van der Waals surface area contributed by atoms with E-state index in [1.54, 1.807) is 5.31 Å². The first kappa shape index (κ1) is 7.24. The molecular formula is C13H15N. The lowest BCUT2D eigenvalue weighted by atomic mass is 9.75. The third-order valence-corrected chi connectivity index (χ3v) is 3.51. The molecule has 0 atom stereocenters. The fraction of sp³-hybridized carbons (Fsp3) is 0.385. The lowest BCUT2D eigenvalue weighted by Gasteiger charge is -2.33. The molecule has 1 N–H and O–H groups in total. The quantitative estimate of drug-likeness (QED) is 0.655. The molecule has 3 rings (SSSR count). The summed E-state index contributed by atoms with van der Waals surface area (Å²) in [4.78, 5) is 0. The minimum Gasteiger partial charge on any atom is -0.317 e. The van der Waals surface area contributed by atoms with Crippen molar-refractivity contribution >= 4 is 6.08 Å². The lowest BCUT2D eigenvalue weighted by molar-refractivity contribution is 0.378. The highest BCUT2D eigenvalue weighted by atomic mass is 14.9.